The second kappa shape index (κ2) is 9.58. The molecule has 5 nitrogen and oxygen atoms in total. The van der Waals surface area contributed by atoms with E-state index in [2.05, 4.69) is 10.8 Å². The Labute approximate surface area is 176 Å². The maximum atomic E-state index is 14.1. The van der Waals surface area contributed by atoms with Crippen LogP contribution in [0.3, 0.4) is 0 Å². The Hall–Kier alpha value is -1.44. The van der Waals surface area contributed by atoms with Crippen LogP contribution in [0, 0.1) is 29.5 Å². The van der Waals surface area contributed by atoms with E-state index in [-0.39, 0.29) is 34.7 Å². The molecule has 2 N–H and O–H groups in total. The van der Waals surface area contributed by atoms with Gasteiger partial charge in [0.05, 0.1) is 0 Å². The monoisotopic (exact) mass is 443 g/mol. The van der Waals surface area contributed by atoms with Crippen molar-refractivity contribution in [1.82, 2.24) is 4.72 Å². The fourth-order valence-corrected chi connectivity index (χ4v) is 6.11. The van der Waals surface area contributed by atoms with Crippen LogP contribution in [0.5, 0.6) is 0 Å². The average molecular weight is 444 g/mol. The van der Waals surface area contributed by atoms with E-state index in [0.29, 0.717) is 24.7 Å². The van der Waals surface area contributed by atoms with Crippen LogP contribution in [0.4, 0.5) is 4.39 Å². The van der Waals surface area contributed by atoms with E-state index in [1.165, 1.54) is 12.1 Å². The van der Waals surface area contributed by atoms with Crippen LogP contribution in [0.1, 0.15) is 44.9 Å². The number of fused-ring (bicyclic) bond motifs is 3. The van der Waals surface area contributed by atoms with Gasteiger partial charge in [-0.1, -0.05) is 23.8 Å². The van der Waals surface area contributed by atoms with E-state index < -0.39 is 21.8 Å². The molecule has 8 heteroatoms. The van der Waals surface area contributed by atoms with Gasteiger partial charge >= 0.3 is 5.97 Å². The Balaban J connectivity index is 1.66. The zero-order valence-electron chi connectivity index (χ0n) is 16.2. The minimum atomic E-state index is -3.96. The van der Waals surface area contributed by atoms with Crippen molar-refractivity contribution in [3.8, 4) is 0 Å². The van der Waals surface area contributed by atoms with Gasteiger partial charge < -0.3 is 5.11 Å². The van der Waals surface area contributed by atoms with E-state index in [1.807, 2.05) is 6.08 Å². The van der Waals surface area contributed by atoms with E-state index in [1.54, 1.807) is 0 Å². The number of carbonyl (C=O) groups is 1. The third-order valence-electron chi connectivity index (χ3n) is 6.27. The standard InChI is InChI=1S/C21H27ClFNO4S/c22-16-10-11-20(19(23)12-16)29(27,28)24-13-18-15-8-6-14(7-9-15)17(18)4-2-1-3-5-21(25)26/h2,4,10-12,14-15,17-18,24H,1,3,5-9,13H2,(H,25,26)/b4-2-. The molecule has 2 atom stereocenters. The van der Waals surface area contributed by atoms with Gasteiger partial charge in [-0.05, 0) is 80.4 Å². The molecular weight excluding hydrogens is 417 g/mol. The lowest BCUT2D eigenvalue weighted by atomic mass is 9.58. The minimum Gasteiger partial charge on any atom is -0.481 e. The summed E-state index contributed by atoms with van der Waals surface area (Å²) in [7, 11) is -3.96. The number of rotatable bonds is 9. The molecule has 160 valence electrons. The average Bonchev–Trinajstić information content (AvgIpc) is 2.67. The first kappa shape index (κ1) is 22.2. The lowest BCUT2D eigenvalue weighted by molar-refractivity contribution is -0.137. The molecule has 2 bridgehead atoms. The highest BCUT2D eigenvalue weighted by Crippen LogP contribution is 2.49. The summed E-state index contributed by atoms with van der Waals surface area (Å²) in [5, 5.41) is 8.89. The van der Waals surface area contributed by atoms with Crippen LogP contribution >= 0.6 is 11.6 Å². The normalized spacial score (nSPS) is 26.8. The molecule has 0 aromatic heterocycles. The summed E-state index contributed by atoms with van der Waals surface area (Å²) in [6.07, 6.45) is 10.1. The molecule has 29 heavy (non-hydrogen) atoms. The summed E-state index contributed by atoms with van der Waals surface area (Å²) in [5.41, 5.74) is 0. The highest BCUT2D eigenvalue weighted by Gasteiger charge is 2.42. The number of allylic oxidation sites excluding steroid dienone is 2. The molecule has 3 aliphatic carbocycles. The topological polar surface area (TPSA) is 83.5 Å². The molecule has 0 saturated heterocycles. The van der Waals surface area contributed by atoms with E-state index >= 15 is 0 Å². The van der Waals surface area contributed by atoms with Gasteiger partial charge in [0.15, 0.2) is 0 Å². The summed E-state index contributed by atoms with van der Waals surface area (Å²) in [6.45, 7) is 0.274. The minimum absolute atomic E-state index is 0.150. The largest absolute Gasteiger partial charge is 0.481 e. The molecule has 0 amide bonds. The molecule has 1 aromatic carbocycles. The molecule has 1 aromatic rings. The molecule has 0 radical (unpaired) electrons. The number of hydrogen-bond donors (Lipinski definition) is 2. The van der Waals surface area contributed by atoms with Crippen molar-refractivity contribution in [3.63, 3.8) is 0 Å². The van der Waals surface area contributed by atoms with Crippen LogP contribution in [0.25, 0.3) is 0 Å². The Morgan fingerprint density at radius 1 is 1.24 bits per heavy atom. The van der Waals surface area contributed by atoms with Crippen molar-refractivity contribution in [2.75, 3.05) is 6.54 Å². The molecular formula is C21H27ClFNO4S. The van der Waals surface area contributed by atoms with Gasteiger partial charge in [-0.15, -0.1) is 0 Å². The first-order chi connectivity index (χ1) is 13.8. The van der Waals surface area contributed by atoms with Gasteiger partial charge in [-0.25, -0.2) is 17.5 Å². The molecule has 4 rings (SSSR count). The maximum absolute atomic E-state index is 14.1. The van der Waals surface area contributed by atoms with Crippen molar-refractivity contribution in [1.29, 1.82) is 0 Å². The molecule has 0 heterocycles. The first-order valence-electron chi connectivity index (χ1n) is 10.1. The number of carboxylic acids is 1. The molecule has 3 fully saturated rings. The fraction of sp³-hybridized carbons (Fsp3) is 0.571. The maximum Gasteiger partial charge on any atom is 0.303 e. The van der Waals surface area contributed by atoms with Crippen LogP contribution in [-0.4, -0.2) is 26.0 Å². The Kier molecular flexibility index (Phi) is 7.35. The zero-order chi connectivity index (χ0) is 21.0. The molecule has 0 aliphatic heterocycles. The van der Waals surface area contributed by atoms with Crippen molar-refractivity contribution >= 4 is 27.6 Å². The van der Waals surface area contributed by atoms with Crippen molar-refractivity contribution in [3.05, 3.63) is 41.2 Å². The number of carboxylic acid groups (broad SMARTS) is 1. The number of unbranched alkanes of at least 4 members (excludes halogenated alkanes) is 1. The second-order valence-corrected chi connectivity index (χ2v) is 10.2. The van der Waals surface area contributed by atoms with E-state index in [0.717, 1.165) is 31.7 Å². The zero-order valence-corrected chi connectivity index (χ0v) is 17.8. The van der Waals surface area contributed by atoms with Crippen LogP contribution in [-0.2, 0) is 14.8 Å². The molecule has 2 unspecified atom stereocenters. The first-order valence-corrected chi connectivity index (χ1v) is 12.0. The molecule has 0 spiro atoms. The SMILES string of the molecule is O=C(O)CCC/C=C\C1C2CCC(CC2)C1CNS(=O)(=O)c1ccc(Cl)cc1F. The highest BCUT2D eigenvalue weighted by atomic mass is 35.5. The Morgan fingerprint density at radius 2 is 1.93 bits per heavy atom. The van der Waals surface area contributed by atoms with Crippen molar-refractivity contribution < 1.29 is 22.7 Å². The number of halogens is 2. The van der Waals surface area contributed by atoms with Gasteiger partial charge in [0.25, 0.3) is 0 Å². The van der Waals surface area contributed by atoms with Crippen LogP contribution in [0.15, 0.2) is 35.2 Å². The summed E-state index contributed by atoms with van der Waals surface area (Å²) in [5.74, 6) is -0.237. The number of benzene rings is 1. The van der Waals surface area contributed by atoms with Crippen LogP contribution < -0.4 is 4.72 Å². The second-order valence-electron chi connectivity index (χ2n) is 8.06. The van der Waals surface area contributed by atoms with Gasteiger partial charge in [0.1, 0.15) is 10.7 Å². The fourth-order valence-electron chi connectivity index (χ4n) is 4.83. The van der Waals surface area contributed by atoms with Gasteiger partial charge in [-0.3, -0.25) is 4.79 Å². The Bertz CT molecular complexity index is 865. The smallest absolute Gasteiger partial charge is 0.303 e. The predicted molar refractivity (Wildman–Crippen MR) is 110 cm³/mol. The number of hydrogen-bond acceptors (Lipinski definition) is 3. The number of sulfonamides is 1. The molecule has 3 saturated carbocycles. The third-order valence-corrected chi connectivity index (χ3v) is 7.96. The van der Waals surface area contributed by atoms with Crippen molar-refractivity contribution in [2.24, 2.45) is 23.7 Å². The number of aliphatic carboxylic acids is 1. The third kappa shape index (κ3) is 5.58. The number of nitrogens with one attached hydrogen (secondary N) is 1. The highest BCUT2D eigenvalue weighted by molar-refractivity contribution is 7.89. The van der Waals surface area contributed by atoms with E-state index in [4.69, 9.17) is 16.7 Å². The summed E-state index contributed by atoms with van der Waals surface area (Å²) < 4.78 is 41.9. The quantitative estimate of drug-likeness (QED) is 0.431. The molecule has 3 aliphatic rings. The van der Waals surface area contributed by atoms with Crippen LogP contribution in [0.2, 0.25) is 5.02 Å². The Morgan fingerprint density at radius 3 is 2.59 bits per heavy atom. The van der Waals surface area contributed by atoms with Gasteiger partial charge in [0, 0.05) is 18.0 Å². The lowest BCUT2D eigenvalue weighted by Crippen LogP contribution is -2.45. The summed E-state index contributed by atoms with van der Waals surface area (Å²) in [6, 6.07) is 3.55. The summed E-state index contributed by atoms with van der Waals surface area (Å²) >= 11 is 5.72. The summed E-state index contributed by atoms with van der Waals surface area (Å²) in [4.78, 5) is 10.3. The van der Waals surface area contributed by atoms with Gasteiger partial charge in [0.2, 0.25) is 10.0 Å². The van der Waals surface area contributed by atoms with Gasteiger partial charge in [-0.2, -0.15) is 0 Å². The van der Waals surface area contributed by atoms with E-state index in [9.17, 15) is 17.6 Å². The predicted octanol–water partition coefficient (Wildman–Crippen LogP) is 4.62. The lowest BCUT2D eigenvalue weighted by Gasteiger charge is -2.48. The van der Waals surface area contributed by atoms with Crippen molar-refractivity contribution in [2.45, 2.75) is 49.8 Å².